The van der Waals surface area contributed by atoms with Crippen LogP contribution in [0.15, 0.2) is 24.3 Å². The van der Waals surface area contributed by atoms with Crippen molar-refractivity contribution in [2.75, 3.05) is 31.1 Å². The van der Waals surface area contributed by atoms with Gasteiger partial charge in [-0.1, -0.05) is 25.5 Å². The van der Waals surface area contributed by atoms with Crippen LogP contribution < -0.4 is 4.90 Å². The van der Waals surface area contributed by atoms with E-state index >= 15 is 0 Å². The molecule has 2 aromatic rings. The molecule has 0 bridgehead atoms. The summed E-state index contributed by atoms with van der Waals surface area (Å²) >= 11 is 1.36. The molecule has 1 aromatic carbocycles. The lowest BCUT2D eigenvalue weighted by Crippen LogP contribution is -2.48. The van der Waals surface area contributed by atoms with Crippen LogP contribution in [0.2, 0.25) is 0 Å². The molecule has 164 valence electrons. The van der Waals surface area contributed by atoms with Crippen LogP contribution in [-0.2, 0) is 16.0 Å². The van der Waals surface area contributed by atoms with E-state index in [0.29, 0.717) is 32.5 Å². The molecule has 0 N–H and O–H groups in total. The summed E-state index contributed by atoms with van der Waals surface area (Å²) in [5.74, 6) is 0.643. The van der Waals surface area contributed by atoms with Crippen molar-refractivity contribution in [2.45, 2.75) is 58.7 Å². The maximum absolute atomic E-state index is 13.1. The first kappa shape index (κ1) is 22.6. The average Bonchev–Trinajstić information content (AvgIpc) is 3.17. The predicted molar refractivity (Wildman–Crippen MR) is 117 cm³/mol. The van der Waals surface area contributed by atoms with Crippen LogP contribution in [0.3, 0.4) is 0 Å². The van der Waals surface area contributed by atoms with Crippen molar-refractivity contribution in [1.82, 2.24) is 14.3 Å². The second kappa shape index (κ2) is 10.8. The zero-order valence-corrected chi connectivity index (χ0v) is 18.8. The molecule has 1 saturated heterocycles. The zero-order chi connectivity index (χ0) is 21.5. The first-order chi connectivity index (χ1) is 14.4. The van der Waals surface area contributed by atoms with E-state index in [9.17, 15) is 9.18 Å². The molecular weight excluding hydrogens is 403 g/mol. The van der Waals surface area contributed by atoms with Gasteiger partial charge in [0.15, 0.2) is 0 Å². The van der Waals surface area contributed by atoms with Gasteiger partial charge in [0.25, 0.3) is 0 Å². The standard InChI is InChI=1S/C22H31FN4O2S/c1-4-5-11-26(12-10-21(28)27-14-16(2)29-17(3)15-27)22-24-20(25-30-22)13-18-6-8-19(23)9-7-18/h6-9,16-17H,4-5,10-15H2,1-3H3. The van der Waals surface area contributed by atoms with Gasteiger partial charge in [-0.25, -0.2) is 9.37 Å². The molecule has 2 unspecified atom stereocenters. The smallest absolute Gasteiger partial charge is 0.224 e. The number of aromatic nitrogens is 2. The number of hydrogen-bond acceptors (Lipinski definition) is 6. The molecule has 1 aliphatic heterocycles. The summed E-state index contributed by atoms with van der Waals surface area (Å²) in [7, 11) is 0. The highest BCUT2D eigenvalue weighted by molar-refractivity contribution is 7.09. The van der Waals surface area contributed by atoms with Crippen LogP contribution in [0.4, 0.5) is 9.52 Å². The molecule has 1 amide bonds. The Morgan fingerprint density at radius 3 is 2.60 bits per heavy atom. The lowest BCUT2D eigenvalue weighted by Gasteiger charge is -2.35. The van der Waals surface area contributed by atoms with Crippen molar-refractivity contribution in [1.29, 1.82) is 0 Å². The molecule has 0 aliphatic carbocycles. The Morgan fingerprint density at radius 2 is 1.93 bits per heavy atom. The Hall–Kier alpha value is -2.06. The zero-order valence-electron chi connectivity index (χ0n) is 18.0. The minimum atomic E-state index is -0.245. The van der Waals surface area contributed by atoms with Gasteiger partial charge in [0.1, 0.15) is 11.6 Å². The summed E-state index contributed by atoms with van der Waals surface area (Å²) in [6, 6.07) is 6.42. The monoisotopic (exact) mass is 434 g/mol. The number of benzene rings is 1. The Morgan fingerprint density at radius 1 is 1.23 bits per heavy atom. The summed E-state index contributed by atoms with van der Waals surface area (Å²) in [4.78, 5) is 21.5. The number of nitrogens with zero attached hydrogens (tertiary/aromatic N) is 4. The van der Waals surface area contributed by atoms with Crippen LogP contribution in [0.25, 0.3) is 0 Å². The van der Waals surface area contributed by atoms with E-state index in [-0.39, 0.29) is 23.9 Å². The van der Waals surface area contributed by atoms with Crippen LogP contribution in [0, 0.1) is 5.82 Å². The first-order valence-corrected chi connectivity index (χ1v) is 11.5. The molecule has 1 aromatic heterocycles. The van der Waals surface area contributed by atoms with Crippen LogP contribution in [0.1, 0.15) is 51.4 Å². The van der Waals surface area contributed by atoms with Gasteiger partial charge in [0, 0.05) is 50.6 Å². The van der Waals surface area contributed by atoms with Crippen LogP contribution in [0.5, 0.6) is 0 Å². The molecule has 2 atom stereocenters. The second-order valence-electron chi connectivity index (χ2n) is 7.94. The van der Waals surface area contributed by atoms with E-state index in [1.807, 2.05) is 18.7 Å². The van der Waals surface area contributed by atoms with Gasteiger partial charge in [0.05, 0.1) is 12.2 Å². The molecule has 0 radical (unpaired) electrons. The maximum Gasteiger partial charge on any atom is 0.224 e. The molecule has 0 saturated carbocycles. The third-order valence-corrected chi connectivity index (χ3v) is 5.97. The number of morpholine rings is 1. The van der Waals surface area contributed by atoms with E-state index < -0.39 is 0 Å². The Kier molecular flexibility index (Phi) is 8.16. The van der Waals surface area contributed by atoms with Gasteiger partial charge >= 0.3 is 0 Å². The van der Waals surface area contributed by atoms with Crippen molar-refractivity contribution in [3.8, 4) is 0 Å². The highest BCUT2D eigenvalue weighted by Crippen LogP contribution is 2.21. The maximum atomic E-state index is 13.1. The van der Waals surface area contributed by atoms with E-state index in [2.05, 4.69) is 16.2 Å². The number of carbonyl (C=O) groups is 1. The minimum Gasteiger partial charge on any atom is -0.372 e. The van der Waals surface area contributed by atoms with E-state index in [0.717, 1.165) is 35.9 Å². The van der Waals surface area contributed by atoms with E-state index in [4.69, 9.17) is 9.72 Å². The fourth-order valence-electron chi connectivity index (χ4n) is 3.65. The van der Waals surface area contributed by atoms with Crippen molar-refractivity contribution in [2.24, 2.45) is 0 Å². The topological polar surface area (TPSA) is 58.6 Å². The van der Waals surface area contributed by atoms with Crippen LogP contribution in [-0.4, -0.2) is 58.6 Å². The fraction of sp³-hybridized carbons (Fsp3) is 0.591. The van der Waals surface area contributed by atoms with Gasteiger partial charge in [-0.3, -0.25) is 4.79 Å². The number of amides is 1. The van der Waals surface area contributed by atoms with Crippen molar-refractivity contribution in [3.63, 3.8) is 0 Å². The van der Waals surface area contributed by atoms with Crippen molar-refractivity contribution < 1.29 is 13.9 Å². The van der Waals surface area contributed by atoms with Crippen molar-refractivity contribution >= 4 is 22.6 Å². The largest absolute Gasteiger partial charge is 0.372 e. The van der Waals surface area contributed by atoms with E-state index in [1.54, 1.807) is 12.1 Å². The number of anilines is 1. The summed E-state index contributed by atoms with van der Waals surface area (Å²) in [5, 5.41) is 0.845. The number of halogens is 1. The second-order valence-corrected chi connectivity index (χ2v) is 8.67. The number of rotatable bonds is 9. The van der Waals surface area contributed by atoms with Gasteiger partial charge in [0.2, 0.25) is 11.0 Å². The minimum absolute atomic E-state index is 0.0751. The number of carbonyl (C=O) groups excluding carboxylic acids is 1. The Balaban J connectivity index is 1.60. The lowest BCUT2D eigenvalue weighted by molar-refractivity contribution is -0.142. The van der Waals surface area contributed by atoms with Gasteiger partial charge in [-0.05, 0) is 38.0 Å². The molecule has 6 nitrogen and oxygen atoms in total. The highest BCUT2D eigenvalue weighted by atomic mass is 32.1. The summed E-state index contributed by atoms with van der Waals surface area (Å²) in [6.45, 7) is 8.95. The fourth-order valence-corrected chi connectivity index (χ4v) is 4.39. The number of unbranched alkanes of at least 4 members (excludes halogenated alkanes) is 1. The van der Waals surface area contributed by atoms with Crippen molar-refractivity contribution in [3.05, 3.63) is 41.5 Å². The molecular formula is C22H31FN4O2S. The van der Waals surface area contributed by atoms with Gasteiger partial charge in [-0.15, -0.1) is 0 Å². The quantitative estimate of drug-likeness (QED) is 0.599. The first-order valence-electron chi connectivity index (χ1n) is 10.7. The third-order valence-electron chi connectivity index (χ3n) is 5.15. The Labute approximate surface area is 182 Å². The Bertz CT molecular complexity index is 804. The van der Waals surface area contributed by atoms with Gasteiger partial charge < -0.3 is 14.5 Å². The third kappa shape index (κ3) is 6.47. The van der Waals surface area contributed by atoms with Crippen LogP contribution >= 0.6 is 11.5 Å². The number of hydrogen-bond donors (Lipinski definition) is 0. The lowest BCUT2D eigenvalue weighted by atomic mass is 10.1. The predicted octanol–water partition coefficient (Wildman–Crippen LogP) is 3.90. The van der Waals surface area contributed by atoms with Gasteiger partial charge in [-0.2, -0.15) is 4.37 Å². The van der Waals surface area contributed by atoms with E-state index in [1.165, 1.54) is 23.7 Å². The SMILES string of the molecule is CCCCN(CCC(=O)N1CC(C)OC(C)C1)c1nc(Cc2ccc(F)cc2)ns1. The molecule has 3 rings (SSSR count). The molecule has 8 heteroatoms. The molecule has 0 spiro atoms. The molecule has 30 heavy (non-hydrogen) atoms. The highest BCUT2D eigenvalue weighted by Gasteiger charge is 2.26. The summed E-state index contributed by atoms with van der Waals surface area (Å²) in [6.07, 6.45) is 3.28. The molecule has 1 fully saturated rings. The molecule has 2 heterocycles. The summed E-state index contributed by atoms with van der Waals surface area (Å²) in [5.41, 5.74) is 0.978. The molecule has 1 aliphatic rings. The number of ether oxygens (including phenoxy) is 1. The average molecular weight is 435 g/mol. The summed E-state index contributed by atoms with van der Waals surface area (Å²) < 4.78 is 23.3. The normalized spacial score (nSPS) is 19.1.